The van der Waals surface area contributed by atoms with E-state index < -0.39 is 11.7 Å². The van der Waals surface area contributed by atoms with Crippen molar-refractivity contribution in [2.75, 3.05) is 0 Å². The molecule has 0 bridgehead atoms. The molecule has 1 aromatic carbocycles. The van der Waals surface area contributed by atoms with E-state index in [2.05, 4.69) is 31.3 Å². The van der Waals surface area contributed by atoms with Crippen LogP contribution in [0.4, 0.5) is 4.39 Å². The Labute approximate surface area is 111 Å². The SMILES string of the molecule is Cn1cnc(CNC(=O)c2ccc(Br)cc2F)n1. The molecule has 1 heterocycles. The van der Waals surface area contributed by atoms with Crippen molar-refractivity contribution >= 4 is 21.8 Å². The molecular weight excluding hydrogens is 303 g/mol. The van der Waals surface area contributed by atoms with Gasteiger partial charge in [-0.15, -0.1) is 0 Å². The van der Waals surface area contributed by atoms with E-state index in [4.69, 9.17) is 0 Å². The Morgan fingerprint density at radius 3 is 2.94 bits per heavy atom. The Hall–Kier alpha value is -1.76. The van der Waals surface area contributed by atoms with Crippen LogP contribution >= 0.6 is 15.9 Å². The molecule has 0 aliphatic rings. The van der Waals surface area contributed by atoms with E-state index in [1.54, 1.807) is 13.1 Å². The topological polar surface area (TPSA) is 59.8 Å². The first-order valence-electron chi connectivity index (χ1n) is 5.14. The van der Waals surface area contributed by atoms with E-state index in [9.17, 15) is 9.18 Å². The van der Waals surface area contributed by atoms with Crippen molar-refractivity contribution in [3.05, 3.63) is 46.2 Å². The molecule has 5 nitrogen and oxygen atoms in total. The molecule has 0 unspecified atom stereocenters. The van der Waals surface area contributed by atoms with Crippen molar-refractivity contribution in [3.63, 3.8) is 0 Å². The number of carbonyl (C=O) groups is 1. The number of carbonyl (C=O) groups excluding carboxylic acids is 1. The van der Waals surface area contributed by atoms with Gasteiger partial charge in [0.25, 0.3) is 5.91 Å². The fourth-order valence-corrected chi connectivity index (χ4v) is 1.73. The van der Waals surface area contributed by atoms with Gasteiger partial charge in [-0.05, 0) is 18.2 Å². The highest BCUT2D eigenvalue weighted by Crippen LogP contribution is 2.15. The molecule has 1 amide bonds. The van der Waals surface area contributed by atoms with Crippen LogP contribution in [0, 0.1) is 5.82 Å². The summed E-state index contributed by atoms with van der Waals surface area (Å²) in [7, 11) is 1.73. The van der Waals surface area contributed by atoms with Gasteiger partial charge in [-0.1, -0.05) is 15.9 Å². The van der Waals surface area contributed by atoms with E-state index in [0.717, 1.165) is 0 Å². The summed E-state index contributed by atoms with van der Waals surface area (Å²) in [5, 5.41) is 6.56. The minimum absolute atomic E-state index is 0.00543. The summed E-state index contributed by atoms with van der Waals surface area (Å²) in [6.45, 7) is 0.162. The number of benzene rings is 1. The summed E-state index contributed by atoms with van der Waals surface area (Å²) in [5.74, 6) is -0.591. The van der Waals surface area contributed by atoms with E-state index in [1.807, 2.05) is 0 Å². The summed E-state index contributed by atoms with van der Waals surface area (Å²) in [6.07, 6.45) is 1.53. The number of rotatable bonds is 3. The normalized spacial score (nSPS) is 10.4. The average molecular weight is 313 g/mol. The molecule has 2 rings (SSSR count). The summed E-state index contributed by atoms with van der Waals surface area (Å²) in [4.78, 5) is 15.7. The molecule has 18 heavy (non-hydrogen) atoms. The molecule has 1 N–H and O–H groups in total. The molecule has 0 radical (unpaired) electrons. The first-order valence-corrected chi connectivity index (χ1v) is 5.93. The van der Waals surface area contributed by atoms with E-state index in [0.29, 0.717) is 10.3 Å². The first-order chi connectivity index (χ1) is 8.56. The smallest absolute Gasteiger partial charge is 0.254 e. The lowest BCUT2D eigenvalue weighted by molar-refractivity contribution is 0.0946. The molecular formula is C11H10BrFN4O. The zero-order valence-electron chi connectivity index (χ0n) is 9.52. The number of nitrogens with one attached hydrogen (secondary N) is 1. The monoisotopic (exact) mass is 312 g/mol. The largest absolute Gasteiger partial charge is 0.345 e. The summed E-state index contributed by atoms with van der Waals surface area (Å²) < 4.78 is 15.6. The Kier molecular flexibility index (Phi) is 3.71. The van der Waals surface area contributed by atoms with Gasteiger partial charge in [-0.3, -0.25) is 9.48 Å². The van der Waals surface area contributed by atoms with Crippen molar-refractivity contribution in [3.8, 4) is 0 Å². The van der Waals surface area contributed by atoms with Gasteiger partial charge in [0.2, 0.25) is 0 Å². The lowest BCUT2D eigenvalue weighted by Gasteiger charge is -2.04. The molecule has 0 spiro atoms. The van der Waals surface area contributed by atoms with Crippen molar-refractivity contribution < 1.29 is 9.18 Å². The van der Waals surface area contributed by atoms with Gasteiger partial charge in [0.1, 0.15) is 12.1 Å². The zero-order chi connectivity index (χ0) is 13.1. The van der Waals surface area contributed by atoms with Crippen LogP contribution in [0.3, 0.4) is 0 Å². The number of amides is 1. The minimum atomic E-state index is -0.573. The molecule has 2 aromatic rings. The zero-order valence-corrected chi connectivity index (χ0v) is 11.1. The third kappa shape index (κ3) is 2.92. The molecule has 0 aliphatic carbocycles. The lowest BCUT2D eigenvalue weighted by atomic mass is 10.2. The first kappa shape index (κ1) is 12.7. The predicted octanol–water partition coefficient (Wildman–Crippen LogP) is 1.65. The third-order valence-corrected chi connectivity index (χ3v) is 2.72. The molecule has 0 saturated heterocycles. The maximum Gasteiger partial charge on any atom is 0.254 e. The number of halogens is 2. The Bertz CT molecular complexity index is 584. The Morgan fingerprint density at radius 2 is 2.33 bits per heavy atom. The van der Waals surface area contributed by atoms with E-state index in [1.165, 1.54) is 23.1 Å². The van der Waals surface area contributed by atoms with Gasteiger partial charge in [-0.2, -0.15) is 5.10 Å². The van der Waals surface area contributed by atoms with Crippen molar-refractivity contribution in [1.29, 1.82) is 0 Å². The molecule has 0 fully saturated rings. The Balaban J connectivity index is 2.03. The van der Waals surface area contributed by atoms with Crippen LogP contribution in [0.15, 0.2) is 29.0 Å². The molecule has 1 aromatic heterocycles. The number of hydrogen-bond acceptors (Lipinski definition) is 3. The highest BCUT2D eigenvalue weighted by Gasteiger charge is 2.12. The van der Waals surface area contributed by atoms with Crippen molar-refractivity contribution in [2.24, 2.45) is 7.05 Å². The fourth-order valence-electron chi connectivity index (χ4n) is 1.39. The quantitative estimate of drug-likeness (QED) is 0.937. The second-order valence-corrected chi connectivity index (χ2v) is 4.56. The van der Waals surface area contributed by atoms with Crippen LogP contribution < -0.4 is 5.32 Å². The van der Waals surface area contributed by atoms with Gasteiger partial charge < -0.3 is 5.32 Å². The second kappa shape index (κ2) is 5.26. The van der Waals surface area contributed by atoms with Gasteiger partial charge in [0.15, 0.2) is 5.82 Å². The molecule has 94 valence electrons. The summed E-state index contributed by atoms with van der Waals surface area (Å²) in [6, 6.07) is 4.27. The van der Waals surface area contributed by atoms with Crippen LogP contribution in [-0.4, -0.2) is 20.7 Å². The van der Waals surface area contributed by atoms with Crippen LogP contribution in [0.5, 0.6) is 0 Å². The van der Waals surface area contributed by atoms with Crippen LogP contribution in [0.1, 0.15) is 16.2 Å². The molecule has 0 saturated carbocycles. The number of aromatic nitrogens is 3. The van der Waals surface area contributed by atoms with Gasteiger partial charge in [-0.25, -0.2) is 9.37 Å². The molecule has 0 aliphatic heterocycles. The highest BCUT2D eigenvalue weighted by atomic mass is 79.9. The standard InChI is InChI=1S/C11H10BrFN4O/c1-17-6-15-10(16-17)5-14-11(18)8-3-2-7(12)4-9(8)13/h2-4,6H,5H2,1H3,(H,14,18). The average Bonchev–Trinajstić information content (AvgIpc) is 2.72. The number of hydrogen-bond donors (Lipinski definition) is 1. The van der Waals surface area contributed by atoms with Crippen LogP contribution in [-0.2, 0) is 13.6 Å². The molecule has 0 atom stereocenters. The maximum absolute atomic E-state index is 13.5. The van der Waals surface area contributed by atoms with Gasteiger partial charge in [0.05, 0.1) is 12.1 Å². The number of aryl methyl sites for hydroxylation is 1. The van der Waals surface area contributed by atoms with E-state index >= 15 is 0 Å². The highest BCUT2D eigenvalue weighted by molar-refractivity contribution is 9.10. The number of nitrogens with zero attached hydrogens (tertiary/aromatic N) is 3. The predicted molar refractivity (Wildman–Crippen MR) is 66.3 cm³/mol. The second-order valence-electron chi connectivity index (χ2n) is 3.64. The van der Waals surface area contributed by atoms with Gasteiger partial charge >= 0.3 is 0 Å². The van der Waals surface area contributed by atoms with Gasteiger partial charge in [0, 0.05) is 11.5 Å². The van der Waals surface area contributed by atoms with Crippen molar-refractivity contribution in [1.82, 2.24) is 20.1 Å². The van der Waals surface area contributed by atoms with E-state index in [-0.39, 0.29) is 12.1 Å². The molecule has 7 heteroatoms. The third-order valence-electron chi connectivity index (χ3n) is 2.23. The maximum atomic E-state index is 13.5. The lowest BCUT2D eigenvalue weighted by Crippen LogP contribution is -2.24. The fraction of sp³-hybridized carbons (Fsp3) is 0.182. The minimum Gasteiger partial charge on any atom is -0.345 e. The summed E-state index contributed by atoms with van der Waals surface area (Å²) >= 11 is 3.13. The van der Waals surface area contributed by atoms with Crippen LogP contribution in [0.25, 0.3) is 0 Å². The summed E-state index contributed by atoms with van der Waals surface area (Å²) in [5.41, 5.74) is -0.00543. The van der Waals surface area contributed by atoms with Crippen LogP contribution in [0.2, 0.25) is 0 Å². The Morgan fingerprint density at radius 1 is 1.56 bits per heavy atom. The van der Waals surface area contributed by atoms with Crippen molar-refractivity contribution in [2.45, 2.75) is 6.54 Å².